The van der Waals surface area contributed by atoms with E-state index >= 15 is 0 Å². The van der Waals surface area contributed by atoms with Crippen LogP contribution in [0.5, 0.6) is 0 Å². The Labute approximate surface area is 359 Å². The number of hydrogen-bond donors (Lipinski definition) is 5. The monoisotopic (exact) mass is 826 g/mol. The molecule has 0 fully saturated rings. The molecule has 5 N–H and O–H groups in total. The lowest BCUT2D eigenvalue weighted by molar-refractivity contribution is 0.302. The Morgan fingerprint density at radius 1 is 0.661 bits per heavy atom. The molecule has 0 spiro atoms. The molecular formula is C47H46N12O3. The van der Waals surface area contributed by atoms with E-state index in [4.69, 9.17) is 28.8 Å². The molecule has 0 radical (unpaired) electrons. The molecule has 62 heavy (non-hydrogen) atoms. The highest BCUT2D eigenvalue weighted by Crippen LogP contribution is 2.33. The second-order valence-corrected chi connectivity index (χ2v) is 14.9. The van der Waals surface area contributed by atoms with Crippen molar-refractivity contribution in [3.8, 4) is 22.6 Å². The normalized spacial score (nSPS) is 13.3. The summed E-state index contributed by atoms with van der Waals surface area (Å²) in [6.45, 7) is 3.86. The molecule has 15 heteroatoms. The molecule has 4 aromatic heterocycles. The van der Waals surface area contributed by atoms with Gasteiger partial charge in [0.25, 0.3) is 0 Å². The van der Waals surface area contributed by atoms with E-state index in [0.717, 1.165) is 119 Å². The predicted octanol–water partition coefficient (Wildman–Crippen LogP) is 8.26. The number of hydrogen-bond acceptors (Lipinski definition) is 15. The van der Waals surface area contributed by atoms with Crippen molar-refractivity contribution in [2.24, 2.45) is 0 Å². The summed E-state index contributed by atoms with van der Waals surface area (Å²) >= 11 is 0. The molecule has 2 aliphatic rings. The molecule has 0 bridgehead atoms. The fourth-order valence-electron chi connectivity index (χ4n) is 7.45. The van der Waals surface area contributed by atoms with Gasteiger partial charge in [0.05, 0.1) is 30.4 Å². The van der Waals surface area contributed by atoms with E-state index < -0.39 is 0 Å². The van der Waals surface area contributed by atoms with Crippen LogP contribution >= 0.6 is 0 Å². The second-order valence-electron chi connectivity index (χ2n) is 14.9. The minimum absolute atomic E-state index is 0.0232. The smallest absolute Gasteiger partial charge is 0.229 e. The van der Waals surface area contributed by atoms with Crippen LogP contribution in [-0.2, 0) is 25.9 Å². The molecule has 0 atom stereocenters. The van der Waals surface area contributed by atoms with Gasteiger partial charge in [0.15, 0.2) is 24.3 Å². The molecule has 4 aromatic carbocycles. The van der Waals surface area contributed by atoms with Gasteiger partial charge in [-0.1, -0.05) is 36.4 Å². The SMILES string of the molecule is CN1CCc2nc(Nc3ccc(-c4cnco4)cc3)nc(N(CCO)c3ccccc3)c2C1.c1ccc(Nc2nc(Nc3ccc(-c4cnco4)cc3)nc3c2CNCC3)cc1. The number of oxazole rings is 2. The molecule has 0 saturated carbocycles. The number of likely N-dealkylation sites (N-methyl/N-ethyl adjacent to an activating group) is 1. The highest BCUT2D eigenvalue weighted by atomic mass is 16.3. The number of benzene rings is 4. The summed E-state index contributed by atoms with van der Waals surface area (Å²) in [4.78, 5) is 31.5. The Morgan fingerprint density at radius 3 is 1.84 bits per heavy atom. The molecule has 8 aromatic rings. The van der Waals surface area contributed by atoms with Crippen molar-refractivity contribution in [2.45, 2.75) is 25.9 Å². The number of aliphatic hydroxyl groups excluding tert-OH is 1. The van der Waals surface area contributed by atoms with Crippen molar-refractivity contribution in [3.05, 3.63) is 157 Å². The van der Waals surface area contributed by atoms with Crippen LogP contribution in [0.2, 0.25) is 0 Å². The van der Waals surface area contributed by atoms with Crippen LogP contribution in [0.1, 0.15) is 22.5 Å². The fourth-order valence-corrected chi connectivity index (χ4v) is 7.45. The predicted molar refractivity (Wildman–Crippen MR) is 240 cm³/mol. The molecule has 0 unspecified atom stereocenters. The van der Waals surface area contributed by atoms with Gasteiger partial charge in [-0.2, -0.15) is 9.97 Å². The first kappa shape index (κ1) is 40.0. The number of anilines is 8. The van der Waals surface area contributed by atoms with Crippen molar-refractivity contribution in [1.82, 2.24) is 40.1 Å². The average Bonchev–Trinajstić information content (AvgIpc) is 4.07. The van der Waals surface area contributed by atoms with Crippen LogP contribution in [0.4, 0.5) is 46.3 Å². The molecule has 10 rings (SSSR count). The molecular weight excluding hydrogens is 781 g/mol. The summed E-state index contributed by atoms with van der Waals surface area (Å²) < 4.78 is 10.7. The van der Waals surface area contributed by atoms with Gasteiger partial charge in [-0.05, 0) is 79.8 Å². The van der Waals surface area contributed by atoms with E-state index in [2.05, 4.69) is 48.1 Å². The number of aliphatic hydroxyl groups is 1. The molecule has 312 valence electrons. The number of aromatic nitrogens is 6. The van der Waals surface area contributed by atoms with E-state index in [1.165, 1.54) is 12.8 Å². The van der Waals surface area contributed by atoms with Crippen molar-refractivity contribution < 1.29 is 13.9 Å². The molecule has 0 aliphatic carbocycles. The van der Waals surface area contributed by atoms with Crippen LogP contribution in [0.25, 0.3) is 22.6 Å². The number of fused-ring (bicyclic) bond motifs is 2. The average molecular weight is 827 g/mol. The van der Waals surface area contributed by atoms with Gasteiger partial charge in [0.2, 0.25) is 11.9 Å². The van der Waals surface area contributed by atoms with E-state index in [-0.39, 0.29) is 6.61 Å². The zero-order chi connectivity index (χ0) is 42.1. The third-order valence-electron chi connectivity index (χ3n) is 10.6. The first-order valence-electron chi connectivity index (χ1n) is 20.5. The number of nitrogens with zero attached hydrogens (tertiary/aromatic N) is 8. The van der Waals surface area contributed by atoms with E-state index in [1.807, 2.05) is 109 Å². The summed E-state index contributed by atoms with van der Waals surface area (Å²) in [5, 5.41) is 23.3. The van der Waals surface area contributed by atoms with Crippen LogP contribution in [0.15, 0.2) is 143 Å². The van der Waals surface area contributed by atoms with Crippen LogP contribution in [0, 0.1) is 0 Å². The zero-order valence-corrected chi connectivity index (χ0v) is 34.2. The Kier molecular flexibility index (Phi) is 12.2. The van der Waals surface area contributed by atoms with Crippen molar-refractivity contribution >= 4 is 46.3 Å². The lowest BCUT2D eigenvalue weighted by atomic mass is 10.1. The third-order valence-corrected chi connectivity index (χ3v) is 10.6. The van der Waals surface area contributed by atoms with Crippen LogP contribution < -0.4 is 26.2 Å². The minimum Gasteiger partial charge on any atom is -0.444 e. The fraction of sp³-hybridized carbons (Fsp3) is 0.191. The molecule has 6 heterocycles. The molecule has 0 amide bonds. The van der Waals surface area contributed by atoms with Gasteiger partial charge in [0, 0.05) is 90.6 Å². The zero-order valence-electron chi connectivity index (χ0n) is 34.2. The lowest BCUT2D eigenvalue weighted by Gasteiger charge is -2.31. The third kappa shape index (κ3) is 9.45. The van der Waals surface area contributed by atoms with E-state index in [1.54, 1.807) is 12.4 Å². The maximum atomic E-state index is 9.80. The highest BCUT2D eigenvalue weighted by Gasteiger charge is 2.25. The van der Waals surface area contributed by atoms with Gasteiger partial charge in [-0.15, -0.1) is 0 Å². The Hall–Kier alpha value is -7.46. The summed E-state index contributed by atoms with van der Waals surface area (Å²) in [6, 6.07) is 35.9. The Morgan fingerprint density at radius 2 is 1.24 bits per heavy atom. The molecule has 2 aliphatic heterocycles. The topological polar surface area (TPSA) is 178 Å². The van der Waals surface area contributed by atoms with Gasteiger partial charge >= 0.3 is 0 Å². The van der Waals surface area contributed by atoms with Crippen LogP contribution in [0.3, 0.4) is 0 Å². The highest BCUT2D eigenvalue weighted by molar-refractivity contribution is 5.69. The maximum Gasteiger partial charge on any atom is 0.229 e. The van der Waals surface area contributed by atoms with Gasteiger partial charge < -0.3 is 45.0 Å². The first-order chi connectivity index (χ1) is 30.6. The van der Waals surface area contributed by atoms with Gasteiger partial charge in [-0.25, -0.2) is 19.9 Å². The van der Waals surface area contributed by atoms with E-state index in [0.29, 0.717) is 18.4 Å². The van der Waals surface area contributed by atoms with Crippen molar-refractivity contribution in [1.29, 1.82) is 0 Å². The Balaban J connectivity index is 0.000000159. The van der Waals surface area contributed by atoms with Gasteiger partial charge in [0.1, 0.15) is 11.6 Å². The first-order valence-corrected chi connectivity index (χ1v) is 20.5. The van der Waals surface area contributed by atoms with Crippen LogP contribution in [-0.4, -0.2) is 73.2 Å². The standard InChI is InChI=1S/C25H26N6O2.C22H20N6O/c1-30-12-11-22-21(16-30)24(31(13-14-32)20-5-3-2-4-6-20)29-25(28-22)27-19-9-7-18(8-10-19)23-15-26-17-33-23;1-2-4-16(5-3-1)25-21-18-12-23-11-10-19(18)27-22(28-21)26-17-8-6-15(7-9-17)20-13-24-14-29-20/h2-10,15,17,32H,11-14,16H2,1H3,(H,27,28,29);1-9,13-14,23H,10-12H2,(H2,25,26,27,28). The second kappa shape index (κ2) is 18.9. The summed E-state index contributed by atoms with van der Waals surface area (Å²) in [5.74, 6) is 4.24. The number of para-hydroxylation sites is 2. The van der Waals surface area contributed by atoms with E-state index in [9.17, 15) is 5.11 Å². The summed E-state index contributed by atoms with van der Waals surface area (Å²) in [5.41, 5.74) is 10.0. The molecule has 0 saturated heterocycles. The largest absolute Gasteiger partial charge is 0.444 e. The summed E-state index contributed by atoms with van der Waals surface area (Å²) in [6.07, 6.45) is 7.97. The maximum absolute atomic E-state index is 9.80. The van der Waals surface area contributed by atoms with Gasteiger partial charge in [-0.3, -0.25) is 0 Å². The minimum atomic E-state index is 0.0232. The number of rotatable bonds is 12. The van der Waals surface area contributed by atoms with Crippen molar-refractivity contribution in [3.63, 3.8) is 0 Å². The van der Waals surface area contributed by atoms with Crippen molar-refractivity contribution in [2.75, 3.05) is 54.1 Å². The quantitative estimate of drug-likeness (QED) is 0.0795. The number of nitrogens with one attached hydrogen (secondary N) is 4. The molecule has 15 nitrogen and oxygen atoms in total. The lowest BCUT2D eigenvalue weighted by Crippen LogP contribution is -2.32. The Bertz CT molecular complexity index is 2660. The summed E-state index contributed by atoms with van der Waals surface area (Å²) in [7, 11) is 2.11.